The Hall–Kier alpha value is -2.97. The molecular weight excluding hydrogens is 421 g/mol. The fraction of sp³-hybridized carbons (Fsp3) is 0.136. The molecule has 1 aliphatic rings. The molecule has 0 saturated carbocycles. The summed E-state index contributed by atoms with van der Waals surface area (Å²) < 4.78 is 41.6. The Bertz CT molecular complexity index is 1180. The van der Waals surface area contributed by atoms with Gasteiger partial charge in [0.25, 0.3) is 10.0 Å². The topological polar surface area (TPSA) is 61.4 Å². The molecule has 5 nitrogen and oxygen atoms in total. The maximum absolute atomic E-state index is 13.7. The molecule has 0 spiro atoms. The summed E-state index contributed by atoms with van der Waals surface area (Å²) in [7, 11) is -3.67. The van der Waals surface area contributed by atoms with E-state index in [0.717, 1.165) is 24.1 Å². The van der Waals surface area contributed by atoms with Gasteiger partial charge in [-0.15, -0.1) is 0 Å². The van der Waals surface area contributed by atoms with E-state index in [-0.39, 0.29) is 15.7 Å². The van der Waals surface area contributed by atoms with Gasteiger partial charge in [-0.3, -0.25) is 4.31 Å². The molecule has 4 rings (SSSR count). The number of nitrogens with zero attached hydrogens (tertiary/aromatic N) is 1. The number of benzene rings is 3. The first-order chi connectivity index (χ1) is 14.4. The summed E-state index contributed by atoms with van der Waals surface area (Å²) in [5.74, 6) is -0.412. The minimum Gasteiger partial charge on any atom is -0.332 e. The zero-order valence-electron chi connectivity index (χ0n) is 16.0. The Kier molecular flexibility index (Phi) is 5.69. The van der Waals surface area contributed by atoms with Crippen molar-refractivity contribution in [3.63, 3.8) is 0 Å². The van der Waals surface area contributed by atoms with Gasteiger partial charge >= 0.3 is 0 Å². The van der Waals surface area contributed by atoms with Crippen LogP contribution in [0.4, 0.5) is 21.5 Å². The van der Waals surface area contributed by atoms with Crippen molar-refractivity contribution in [2.45, 2.75) is 17.7 Å². The smallest absolute Gasteiger partial charge is 0.264 e. The van der Waals surface area contributed by atoms with Crippen LogP contribution < -0.4 is 14.9 Å². The molecule has 30 heavy (non-hydrogen) atoms. The first kappa shape index (κ1) is 20.3. The molecule has 0 aromatic heterocycles. The predicted molar refractivity (Wildman–Crippen MR) is 122 cm³/mol. The second-order valence-corrected chi connectivity index (χ2v) is 9.16. The Labute approximate surface area is 180 Å². The number of halogens is 1. The van der Waals surface area contributed by atoms with Crippen LogP contribution in [0.1, 0.15) is 12.0 Å². The van der Waals surface area contributed by atoms with Crippen molar-refractivity contribution in [2.24, 2.45) is 0 Å². The Morgan fingerprint density at radius 3 is 2.40 bits per heavy atom. The number of fused-ring (bicyclic) bond motifs is 1. The van der Waals surface area contributed by atoms with E-state index < -0.39 is 15.8 Å². The lowest BCUT2D eigenvalue weighted by molar-refractivity contribution is 0.586. The highest BCUT2D eigenvalue weighted by Gasteiger charge is 2.28. The minimum absolute atomic E-state index is 0.206. The number of rotatable bonds is 4. The van der Waals surface area contributed by atoms with Crippen LogP contribution in [0.5, 0.6) is 0 Å². The summed E-state index contributed by atoms with van der Waals surface area (Å²) in [6.45, 7) is 0.454. The quantitative estimate of drug-likeness (QED) is 0.571. The molecule has 2 N–H and O–H groups in total. The van der Waals surface area contributed by atoms with Gasteiger partial charge in [0.1, 0.15) is 5.82 Å². The molecular formula is C22H20FN3O2S2. The normalized spacial score (nSPS) is 13.4. The van der Waals surface area contributed by atoms with Crippen LogP contribution in [0, 0.1) is 5.82 Å². The molecule has 3 aromatic rings. The van der Waals surface area contributed by atoms with Gasteiger partial charge in [-0.1, -0.05) is 30.3 Å². The average Bonchev–Trinajstić information content (AvgIpc) is 2.75. The van der Waals surface area contributed by atoms with Gasteiger partial charge in [0.2, 0.25) is 0 Å². The Balaban J connectivity index is 1.50. The van der Waals surface area contributed by atoms with Crippen molar-refractivity contribution < 1.29 is 12.8 Å². The first-order valence-electron chi connectivity index (χ1n) is 9.48. The van der Waals surface area contributed by atoms with Crippen molar-refractivity contribution in [3.05, 3.63) is 84.2 Å². The number of thiocarbonyl (C=S) groups is 1. The monoisotopic (exact) mass is 441 g/mol. The highest BCUT2D eigenvalue weighted by Crippen LogP contribution is 2.32. The van der Waals surface area contributed by atoms with E-state index in [1.807, 2.05) is 24.3 Å². The average molecular weight is 442 g/mol. The predicted octanol–water partition coefficient (Wildman–Crippen LogP) is 4.78. The zero-order chi connectivity index (χ0) is 21.1. The van der Waals surface area contributed by atoms with Crippen molar-refractivity contribution in [3.8, 4) is 0 Å². The van der Waals surface area contributed by atoms with E-state index in [1.165, 1.54) is 10.4 Å². The van der Waals surface area contributed by atoms with Crippen LogP contribution in [0.25, 0.3) is 0 Å². The van der Waals surface area contributed by atoms with Gasteiger partial charge in [0.15, 0.2) is 5.11 Å². The molecule has 8 heteroatoms. The van der Waals surface area contributed by atoms with Gasteiger partial charge in [-0.05, 0) is 73.1 Å². The summed E-state index contributed by atoms with van der Waals surface area (Å²) in [4.78, 5) is 0.206. The van der Waals surface area contributed by atoms with Crippen LogP contribution >= 0.6 is 12.2 Å². The van der Waals surface area contributed by atoms with E-state index in [9.17, 15) is 12.8 Å². The molecule has 1 aliphatic heterocycles. The SMILES string of the molecule is O=S(=O)(c1ccc(NC(=S)Nc2ccccc2F)cc1)N1CCCc2ccccc21. The highest BCUT2D eigenvalue weighted by molar-refractivity contribution is 7.92. The van der Waals surface area contributed by atoms with Crippen molar-refractivity contribution in [1.29, 1.82) is 0 Å². The fourth-order valence-corrected chi connectivity index (χ4v) is 5.20. The second kappa shape index (κ2) is 8.41. The lowest BCUT2D eigenvalue weighted by Crippen LogP contribution is -2.35. The van der Waals surface area contributed by atoms with E-state index >= 15 is 0 Å². The number of para-hydroxylation sites is 2. The van der Waals surface area contributed by atoms with Crippen LogP contribution in [0.15, 0.2) is 77.7 Å². The minimum atomic E-state index is -3.67. The third kappa shape index (κ3) is 4.15. The zero-order valence-corrected chi connectivity index (χ0v) is 17.6. The Morgan fingerprint density at radius 1 is 0.933 bits per heavy atom. The van der Waals surface area contributed by atoms with Crippen LogP contribution in [-0.4, -0.2) is 20.1 Å². The van der Waals surface area contributed by atoms with E-state index in [0.29, 0.717) is 12.2 Å². The molecule has 0 aliphatic carbocycles. The molecule has 154 valence electrons. The summed E-state index contributed by atoms with van der Waals surface area (Å²) in [5.41, 5.74) is 2.64. The molecule has 0 amide bonds. The number of hydrogen-bond donors (Lipinski definition) is 2. The maximum atomic E-state index is 13.7. The lowest BCUT2D eigenvalue weighted by atomic mass is 10.0. The van der Waals surface area contributed by atoms with E-state index in [2.05, 4.69) is 10.6 Å². The van der Waals surface area contributed by atoms with E-state index in [1.54, 1.807) is 42.5 Å². The molecule has 0 bridgehead atoms. The first-order valence-corrected chi connectivity index (χ1v) is 11.3. The molecule has 0 atom stereocenters. The van der Waals surface area contributed by atoms with Gasteiger partial charge in [-0.25, -0.2) is 12.8 Å². The number of aryl methyl sites for hydroxylation is 1. The molecule has 0 radical (unpaired) electrons. The molecule has 1 heterocycles. The van der Waals surface area contributed by atoms with Gasteiger partial charge in [-0.2, -0.15) is 0 Å². The largest absolute Gasteiger partial charge is 0.332 e. The third-order valence-corrected chi connectivity index (χ3v) is 6.92. The van der Waals surface area contributed by atoms with Crippen molar-refractivity contribution in [2.75, 3.05) is 21.5 Å². The molecule has 0 saturated heterocycles. The Morgan fingerprint density at radius 2 is 1.63 bits per heavy atom. The lowest BCUT2D eigenvalue weighted by Gasteiger charge is -2.30. The highest BCUT2D eigenvalue weighted by atomic mass is 32.2. The third-order valence-electron chi connectivity index (χ3n) is 4.89. The van der Waals surface area contributed by atoms with E-state index in [4.69, 9.17) is 12.2 Å². The standard InChI is InChI=1S/C22H20FN3O2S2/c23-19-8-2-3-9-20(19)25-22(29)24-17-11-13-18(14-12-17)30(27,28)26-15-5-7-16-6-1-4-10-21(16)26/h1-4,6,8-14H,5,7,15H2,(H2,24,25,29). The van der Waals surface area contributed by atoms with Crippen LogP contribution in [0.3, 0.4) is 0 Å². The fourth-order valence-electron chi connectivity index (χ4n) is 3.43. The van der Waals surface area contributed by atoms with Gasteiger partial charge in [0, 0.05) is 12.2 Å². The number of sulfonamides is 1. The summed E-state index contributed by atoms with van der Waals surface area (Å²) in [5, 5.41) is 5.93. The van der Waals surface area contributed by atoms with Gasteiger partial charge in [0.05, 0.1) is 16.3 Å². The summed E-state index contributed by atoms with van der Waals surface area (Å²) in [6.07, 6.45) is 1.66. The number of nitrogens with one attached hydrogen (secondary N) is 2. The number of hydrogen-bond acceptors (Lipinski definition) is 3. The van der Waals surface area contributed by atoms with Crippen LogP contribution in [-0.2, 0) is 16.4 Å². The number of anilines is 3. The van der Waals surface area contributed by atoms with Crippen molar-refractivity contribution >= 4 is 44.4 Å². The maximum Gasteiger partial charge on any atom is 0.264 e. The summed E-state index contributed by atoms with van der Waals surface area (Å²) in [6, 6.07) is 20.2. The summed E-state index contributed by atoms with van der Waals surface area (Å²) >= 11 is 5.21. The van der Waals surface area contributed by atoms with Gasteiger partial charge < -0.3 is 10.6 Å². The van der Waals surface area contributed by atoms with Crippen LogP contribution in [0.2, 0.25) is 0 Å². The molecule has 3 aromatic carbocycles. The van der Waals surface area contributed by atoms with Crippen molar-refractivity contribution in [1.82, 2.24) is 0 Å². The molecule has 0 fully saturated rings. The molecule has 0 unspecified atom stereocenters. The second-order valence-electron chi connectivity index (χ2n) is 6.89.